The zero-order chi connectivity index (χ0) is 26.5. The van der Waals surface area contributed by atoms with Crippen LogP contribution in [-0.2, 0) is 33.4 Å². The molecule has 0 aromatic carbocycles. The van der Waals surface area contributed by atoms with E-state index in [1.165, 1.54) is 52.7 Å². The van der Waals surface area contributed by atoms with E-state index in [9.17, 15) is 19.2 Å². The van der Waals surface area contributed by atoms with Gasteiger partial charge < -0.3 is 24.4 Å². The molecule has 0 atom stereocenters. The molecule has 2 fully saturated rings. The van der Waals surface area contributed by atoms with Gasteiger partial charge in [-0.3, -0.25) is 0 Å². The highest BCUT2D eigenvalue weighted by Crippen LogP contribution is 2.32. The molecule has 0 amide bonds. The lowest BCUT2D eigenvalue weighted by atomic mass is 9.97. The second-order valence-corrected chi connectivity index (χ2v) is 7.24. The number of ether oxygens (including phenoxy) is 3. The Bertz CT molecular complexity index is 710. The zero-order valence-corrected chi connectivity index (χ0v) is 20.4. The highest BCUT2D eigenvalue weighted by molar-refractivity contribution is 5.89. The lowest BCUT2D eigenvalue weighted by molar-refractivity contribution is -0.144. The minimum Gasteiger partial charge on any atom is -0.490 e. The van der Waals surface area contributed by atoms with Crippen LogP contribution in [0.5, 0.6) is 0 Å². The van der Waals surface area contributed by atoms with E-state index >= 15 is 0 Å². The highest BCUT2D eigenvalue weighted by atomic mass is 16.5. The van der Waals surface area contributed by atoms with E-state index in [0.717, 1.165) is 30.6 Å². The van der Waals surface area contributed by atoms with Gasteiger partial charge in [0.25, 0.3) is 0 Å². The molecule has 2 N–H and O–H groups in total. The molecule has 0 aliphatic heterocycles. The predicted octanol–water partition coefficient (Wildman–Crippen LogP) is 4.44. The quantitative estimate of drug-likeness (QED) is 0.306. The number of esters is 2. The van der Waals surface area contributed by atoms with Crippen molar-refractivity contribution in [3.63, 3.8) is 0 Å². The van der Waals surface area contributed by atoms with Gasteiger partial charge in [-0.2, -0.15) is 0 Å². The van der Waals surface area contributed by atoms with Gasteiger partial charge in [-0.05, 0) is 57.9 Å². The van der Waals surface area contributed by atoms with Crippen molar-refractivity contribution in [1.82, 2.24) is 0 Å². The molecule has 0 saturated heterocycles. The monoisotopic (exact) mass is 482 g/mol. The molecule has 0 radical (unpaired) electrons. The molecule has 0 aromatic heterocycles. The Morgan fingerprint density at radius 3 is 1.59 bits per heavy atom. The minimum absolute atomic E-state index is 0.0405. The van der Waals surface area contributed by atoms with Crippen LogP contribution in [0.3, 0.4) is 0 Å². The number of aliphatic carboxylic acids is 2. The van der Waals surface area contributed by atoms with Gasteiger partial charge in [0.05, 0.1) is 14.2 Å². The van der Waals surface area contributed by atoms with Crippen molar-refractivity contribution < 1.29 is 43.6 Å². The first-order valence-corrected chi connectivity index (χ1v) is 11.0. The molecule has 9 heteroatoms. The van der Waals surface area contributed by atoms with Crippen molar-refractivity contribution in [3.05, 3.63) is 49.3 Å². The van der Waals surface area contributed by atoms with Gasteiger partial charge in [0.1, 0.15) is 6.10 Å². The first kappa shape index (κ1) is 32.8. The summed E-state index contributed by atoms with van der Waals surface area (Å²) in [4.78, 5) is 40.8. The Labute approximate surface area is 201 Å². The van der Waals surface area contributed by atoms with Crippen LogP contribution in [0.4, 0.5) is 0 Å². The third-order valence-electron chi connectivity index (χ3n) is 4.95. The summed E-state index contributed by atoms with van der Waals surface area (Å²) in [7, 11) is 2.57. The largest absolute Gasteiger partial charge is 0.490 e. The Balaban J connectivity index is 0. The number of carboxylic acids is 2. The summed E-state index contributed by atoms with van der Waals surface area (Å²) in [6.07, 6.45) is 13.5. The van der Waals surface area contributed by atoms with Crippen LogP contribution in [-0.4, -0.2) is 54.4 Å². The number of hydrogen-bond donors (Lipinski definition) is 2. The van der Waals surface area contributed by atoms with Gasteiger partial charge in [0, 0.05) is 17.7 Å². The Hall–Kier alpha value is -3.36. The standard InChI is InChI=1S/C14H22O2.C4H6O3.C4H6O2.C3H4O2/c1-2-13(11-7-3-4-8-11)14(15)16-12-9-5-6-10-12;1-3(7-2)4(5)6;1-3-4(5)6-2;1-2-3(4)5/h2,11-12H,3-10H2,1H3;1H2,2H3,(H,5,6);3H,1H2,2H3;2H,1H2,(H,4,5). The van der Waals surface area contributed by atoms with Gasteiger partial charge in [-0.15, -0.1) is 0 Å². The van der Waals surface area contributed by atoms with Crippen LogP contribution in [0.15, 0.2) is 49.3 Å². The van der Waals surface area contributed by atoms with Crippen LogP contribution in [0.2, 0.25) is 0 Å². The molecule has 2 aliphatic carbocycles. The van der Waals surface area contributed by atoms with E-state index in [1.807, 2.05) is 13.0 Å². The van der Waals surface area contributed by atoms with Crippen LogP contribution < -0.4 is 0 Å². The summed E-state index contributed by atoms with van der Waals surface area (Å²) in [5, 5.41) is 15.6. The molecule has 0 aromatic rings. The van der Waals surface area contributed by atoms with E-state index < -0.39 is 17.9 Å². The summed E-state index contributed by atoms with van der Waals surface area (Å²) in [6, 6.07) is 0. The fourth-order valence-electron chi connectivity index (χ4n) is 3.15. The van der Waals surface area contributed by atoms with E-state index in [-0.39, 0.29) is 17.8 Å². The average molecular weight is 483 g/mol. The zero-order valence-electron chi connectivity index (χ0n) is 20.4. The number of allylic oxidation sites excluding steroid dienone is 1. The third-order valence-corrected chi connectivity index (χ3v) is 4.95. The number of carbonyl (C=O) groups excluding carboxylic acids is 2. The van der Waals surface area contributed by atoms with Crippen LogP contribution in [0.25, 0.3) is 0 Å². The molecule has 0 heterocycles. The van der Waals surface area contributed by atoms with Gasteiger partial charge in [0.2, 0.25) is 0 Å². The molecule has 2 aliphatic rings. The topological polar surface area (TPSA) is 136 Å². The Kier molecular flexibility index (Phi) is 19.6. The second-order valence-electron chi connectivity index (χ2n) is 7.24. The number of carbonyl (C=O) groups is 4. The normalized spacial score (nSPS) is 15.0. The average Bonchev–Trinajstić information content (AvgIpc) is 3.54. The first-order chi connectivity index (χ1) is 16.1. The van der Waals surface area contributed by atoms with Gasteiger partial charge >= 0.3 is 23.9 Å². The van der Waals surface area contributed by atoms with E-state index in [2.05, 4.69) is 29.2 Å². The van der Waals surface area contributed by atoms with E-state index in [1.54, 1.807) is 0 Å². The number of hydrogen-bond acceptors (Lipinski definition) is 7. The molecule has 192 valence electrons. The van der Waals surface area contributed by atoms with Crippen molar-refractivity contribution in [2.24, 2.45) is 5.92 Å². The Morgan fingerprint density at radius 1 is 0.853 bits per heavy atom. The van der Waals surface area contributed by atoms with Gasteiger partial charge in [0.15, 0.2) is 5.76 Å². The maximum absolute atomic E-state index is 12.0. The SMILES string of the molecule is C=C(OC)C(=O)O.C=CC(=O)O.C=CC(=O)OC.CC=C(C(=O)OC1CCCC1)C1CCCC1. The Morgan fingerprint density at radius 2 is 1.32 bits per heavy atom. The summed E-state index contributed by atoms with van der Waals surface area (Å²) >= 11 is 0. The molecule has 0 bridgehead atoms. The van der Waals surface area contributed by atoms with Gasteiger partial charge in [-0.1, -0.05) is 32.1 Å². The number of carboxylic acid groups (broad SMARTS) is 2. The number of rotatable bonds is 7. The molecule has 9 nitrogen and oxygen atoms in total. The summed E-state index contributed by atoms with van der Waals surface area (Å²) in [6.45, 7) is 11.1. The molecule has 2 saturated carbocycles. The lowest BCUT2D eigenvalue weighted by Gasteiger charge is -2.16. The smallest absolute Gasteiger partial charge is 0.370 e. The van der Waals surface area contributed by atoms with Crippen molar-refractivity contribution in [3.8, 4) is 0 Å². The van der Waals surface area contributed by atoms with Crippen LogP contribution in [0.1, 0.15) is 58.3 Å². The third kappa shape index (κ3) is 16.3. The van der Waals surface area contributed by atoms with Crippen molar-refractivity contribution in [2.75, 3.05) is 14.2 Å². The molecule has 34 heavy (non-hydrogen) atoms. The summed E-state index contributed by atoms with van der Waals surface area (Å²) < 4.78 is 13.9. The van der Waals surface area contributed by atoms with Crippen molar-refractivity contribution in [1.29, 1.82) is 0 Å². The fraction of sp³-hybridized carbons (Fsp3) is 0.520. The molecular formula is C25H38O9. The van der Waals surface area contributed by atoms with Crippen LogP contribution in [0, 0.1) is 5.92 Å². The van der Waals surface area contributed by atoms with E-state index in [0.29, 0.717) is 5.92 Å². The second kappa shape index (κ2) is 20.3. The molecule has 0 spiro atoms. The summed E-state index contributed by atoms with van der Waals surface area (Å²) in [5.74, 6) is -2.30. The molecular weight excluding hydrogens is 444 g/mol. The van der Waals surface area contributed by atoms with Gasteiger partial charge in [-0.25, -0.2) is 19.2 Å². The maximum Gasteiger partial charge on any atom is 0.370 e. The van der Waals surface area contributed by atoms with Crippen LogP contribution >= 0.6 is 0 Å². The lowest BCUT2D eigenvalue weighted by Crippen LogP contribution is -2.19. The predicted molar refractivity (Wildman–Crippen MR) is 128 cm³/mol. The minimum atomic E-state index is -1.12. The van der Waals surface area contributed by atoms with Crippen molar-refractivity contribution in [2.45, 2.75) is 64.4 Å². The molecule has 0 unspecified atom stereocenters. The molecule has 2 rings (SSSR count). The maximum atomic E-state index is 12.0. The fourth-order valence-corrected chi connectivity index (χ4v) is 3.15. The summed E-state index contributed by atoms with van der Waals surface area (Å²) in [5.41, 5.74) is 0.935. The van der Waals surface area contributed by atoms with Crippen molar-refractivity contribution >= 4 is 23.9 Å². The highest BCUT2D eigenvalue weighted by Gasteiger charge is 2.27. The number of methoxy groups -OCH3 is 2. The van der Waals surface area contributed by atoms with E-state index in [4.69, 9.17) is 14.9 Å². The first-order valence-electron chi connectivity index (χ1n) is 11.0.